The van der Waals surface area contributed by atoms with E-state index in [4.69, 9.17) is 4.74 Å². The zero-order valence-corrected chi connectivity index (χ0v) is 10.8. The Morgan fingerprint density at radius 3 is 2.81 bits per heavy atom. The van der Waals surface area contributed by atoms with Gasteiger partial charge >= 0.3 is 0 Å². The van der Waals surface area contributed by atoms with Gasteiger partial charge in [-0.1, -0.05) is 6.92 Å². The molecule has 0 radical (unpaired) electrons. The zero-order valence-electron chi connectivity index (χ0n) is 10.8. The van der Waals surface area contributed by atoms with Crippen molar-refractivity contribution in [3.05, 3.63) is 18.2 Å². The lowest BCUT2D eigenvalue weighted by Crippen LogP contribution is -2.23. The molecule has 0 spiro atoms. The lowest BCUT2D eigenvalue weighted by Gasteiger charge is -2.20. The van der Waals surface area contributed by atoms with Crippen molar-refractivity contribution in [2.75, 3.05) is 13.2 Å². The summed E-state index contributed by atoms with van der Waals surface area (Å²) in [6.45, 7) is 11.7. The van der Waals surface area contributed by atoms with Crippen LogP contribution in [0, 0.1) is 0 Å². The molecule has 0 aliphatic carbocycles. The third kappa shape index (κ3) is 4.77. The molecule has 0 atom stereocenters. The van der Waals surface area contributed by atoms with Gasteiger partial charge in [0.05, 0.1) is 18.8 Å². The first kappa shape index (κ1) is 13.2. The van der Waals surface area contributed by atoms with Crippen LogP contribution >= 0.6 is 0 Å². The summed E-state index contributed by atoms with van der Waals surface area (Å²) in [5.41, 5.74) is -0.0671. The van der Waals surface area contributed by atoms with Crippen LogP contribution in [0.15, 0.2) is 12.4 Å². The number of hydrogen-bond donors (Lipinski definition) is 1. The predicted molar refractivity (Wildman–Crippen MR) is 65.3 cm³/mol. The molecule has 0 saturated carbocycles. The Kier molecular flexibility index (Phi) is 4.96. The minimum atomic E-state index is -0.0671. The molecule has 0 aliphatic heterocycles. The lowest BCUT2D eigenvalue weighted by atomic mass is 10.2. The molecule has 1 rings (SSSR count). The van der Waals surface area contributed by atoms with Crippen molar-refractivity contribution >= 4 is 0 Å². The number of rotatable bonds is 6. The average Bonchev–Trinajstić information content (AvgIpc) is 2.60. The van der Waals surface area contributed by atoms with Crippen LogP contribution in [0.5, 0.6) is 0 Å². The Labute approximate surface area is 98.0 Å². The highest BCUT2D eigenvalue weighted by molar-refractivity contribution is 4.91. The Morgan fingerprint density at radius 1 is 1.44 bits per heavy atom. The SMILES string of the molecule is CCNCc1nccn1CCOC(C)(C)C. The summed E-state index contributed by atoms with van der Waals surface area (Å²) in [6.07, 6.45) is 3.84. The Balaban J connectivity index is 2.38. The van der Waals surface area contributed by atoms with Gasteiger partial charge in [-0.2, -0.15) is 0 Å². The first-order valence-corrected chi connectivity index (χ1v) is 5.87. The monoisotopic (exact) mass is 225 g/mol. The van der Waals surface area contributed by atoms with Crippen molar-refractivity contribution < 1.29 is 4.74 Å². The van der Waals surface area contributed by atoms with Gasteiger partial charge in [-0.25, -0.2) is 4.98 Å². The number of nitrogens with zero attached hydrogens (tertiary/aromatic N) is 2. The number of nitrogens with one attached hydrogen (secondary N) is 1. The molecule has 4 heteroatoms. The molecule has 92 valence electrons. The Hall–Kier alpha value is -0.870. The Morgan fingerprint density at radius 2 is 2.19 bits per heavy atom. The van der Waals surface area contributed by atoms with Crippen molar-refractivity contribution in [1.29, 1.82) is 0 Å². The number of aromatic nitrogens is 2. The van der Waals surface area contributed by atoms with E-state index < -0.39 is 0 Å². The molecule has 0 unspecified atom stereocenters. The third-order valence-corrected chi connectivity index (χ3v) is 2.20. The topological polar surface area (TPSA) is 39.1 Å². The van der Waals surface area contributed by atoms with Crippen LogP contribution in [0.1, 0.15) is 33.5 Å². The fourth-order valence-corrected chi connectivity index (χ4v) is 1.40. The van der Waals surface area contributed by atoms with E-state index in [0.29, 0.717) is 0 Å². The maximum Gasteiger partial charge on any atom is 0.122 e. The van der Waals surface area contributed by atoms with E-state index in [1.165, 1.54) is 0 Å². The first-order chi connectivity index (χ1) is 7.53. The fraction of sp³-hybridized carbons (Fsp3) is 0.750. The van der Waals surface area contributed by atoms with Crippen molar-refractivity contribution in [2.24, 2.45) is 0 Å². The van der Waals surface area contributed by atoms with Crippen LogP contribution in [-0.2, 0) is 17.8 Å². The highest BCUT2D eigenvalue weighted by Gasteiger charge is 2.10. The molecule has 0 aromatic carbocycles. The quantitative estimate of drug-likeness (QED) is 0.802. The largest absolute Gasteiger partial charge is 0.374 e. The lowest BCUT2D eigenvalue weighted by molar-refractivity contribution is -0.00709. The van der Waals surface area contributed by atoms with E-state index >= 15 is 0 Å². The van der Waals surface area contributed by atoms with Gasteiger partial charge in [-0.05, 0) is 27.3 Å². The molecule has 0 amide bonds. The van der Waals surface area contributed by atoms with Gasteiger partial charge in [0.25, 0.3) is 0 Å². The van der Waals surface area contributed by atoms with Crippen LogP contribution in [0.25, 0.3) is 0 Å². The maximum atomic E-state index is 5.69. The summed E-state index contributed by atoms with van der Waals surface area (Å²) in [6, 6.07) is 0. The molecule has 0 saturated heterocycles. The summed E-state index contributed by atoms with van der Waals surface area (Å²) in [4.78, 5) is 4.31. The van der Waals surface area contributed by atoms with Crippen molar-refractivity contribution in [2.45, 2.75) is 46.4 Å². The molecule has 0 aliphatic rings. The molecule has 16 heavy (non-hydrogen) atoms. The van der Waals surface area contributed by atoms with E-state index in [2.05, 4.69) is 42.6 Å². The Bertz CT molecular complexity index is 301. The first-order valence-electron chi connectivity index (χ1n) is 5.87. The minimum absolute atomic E-state index is 0.0671. The normalized spacial score (nSPS) is 12.0. The van der Waals surface area contributed by atoms with Crippen LogP contribution < -0.4 is 5.32 Å². The molecule has 0 fully saturated rings. The van der Waals surface area contributed by atoms with Gasteiger partial charge in [-0.15, -0.1) is 0 Å². The number of imidazole rings is 1. The van der Waals surface area contributed by atoms with Gasteiger partial charge in [0.1, 0.15) is 5.82 Å². The van der Waals surface area contributed by atoms with Gasteiger partial charge in [-0.3, -0.25) is 0 Å². The molecule has 1 aromatic heterocycles. The second-order valence-corrected chi connectivity index (χ2v) is 4.78. The van der Waals surface area contributed by atoms with E-state index in [0.717, 1.165) is 32.1 Å². The van der Waals surface area contributed by atoms with E-state index in [1.54, 1.807) is 0 Å². The molecular formula is C12H23N3O. The molecular weight excluding hydrogens is 202 g/mol. The van der Waals surface area contributed by atoms with Crippen LogP contribution in [0.2, 0.25) is 0 Å². The highest BCUT2D eigenvalue weighted by atomic mass is 16.5. The summed E-state index contributed by atoms with van der Waals surface area (Å²) in [7, 11) is 0. The summed E-state index contributed by atoms with van der Waals surface area (Å²) < 4.78 is 7.83. The van der Waals surface area contributed by atoms with Gasteiger partial charge in [0.2, 0.25) is 0 Å². The number of ether oxygens (including phenoxy) is 1. The molecule has 1 N–H and O–H groups in total. The standard InChI is InChI=1S/C12H23N3O/c1-5-13-10-11-14-6-7-15(11)8-9-16-12(2,3)4/h6-7,13H,5,8-10H2,1-4H3. The molecule has 4 nitrogen and oxygen atoms in total. The van der Waals surface area contributed by atoms with Crippen LogP contribution in [0.4, 0.5) is 0 Å². The summed E-state index contributed by atoms with van der Waals surface area (Å²) in [5.74, 6) is 1.07. The van der Waals surface area contributed by atoms with Gasteiger partial charge in [0, 0.05) is 18.9 Å². The van der Waals surface area contributed by atoms with Gasteiger partial charge < -0.3 is 14.6 Å². The predicted octanol–water partition coefficient (Wildman–Crippen LogP) is 1.81. The van der Waals surface area contributed by atoms with Gasteiger partial charge in [0.15, 0.2) is 0 Å². The van der Waals surface area contributed by atoms with E-state index in [1.807, 2.05) is 12.4 Å². The zero-order chi connectivity index (χ0) is 12.0. The minimum Gasteiger partial charge on any atom is -0.374 e. The molecule has 1 heterocycles. The smallest absolute Gasteiger partial charge is 0.122 e. The highest BCUT2D eigenvalue weighted by Crippen LogP contribution is 2.07. The third-order valence-electron chi connectivity index (χ3n) is 2.20. The fourth-order valence-electron chi connectivity index (χ4n) is 1.40. The second kappa shape index (κ2) is 6.01. The van der Waals surface area contributed by atoms with E-state index in [-0.39, 0.29) is 5.60 Å². The average molecular weight is 225 g/mol. The summed E-state index contributed by atoms with van der Waals surface area (Å²) in [5, 5.41) is 3.27. The van der Waals surface area contributed by atoms with Crippen molar-refractivity contribution in [3.63, 3.8) is 0 Å². The van der Waals surface area contributed by atoms with Crippen molar-refractivity contribution in [1.82, 2.24) is 14.9 Å². The van der Waals surface area contributed by atoms with Crippen LogP contribution in [-0.4, -0.2) is 28.3 Å². The number of hydrogen-bond acceptors (Lipinski definition) is 3. The molecule has 0 bridgehead atoms. The summed E-state index contributed by atoms with van der Waals surface area (Å²) >= 11 is 0. The second-order valence-electron chi connectivity index (χ2n) is 4.78. The maximum absolute atomic E-state index is 5.69. The molecule has 1 aromatic rings. The van der Waals surface area contributed by atoms with Crippen molar-refractivity contribution in [3.8, 4) is 0 Å². The van der Waals surface area contributed by atoms with E-state index in [9.17, 15) is 0 Å². The van der Waals surface area contributed by atoms with Crippen LogP contribution in [0.3, 0.4) is 0 Å².